The summed E-state index contributed by atoms with van der Waals surface area (Å²) in [7, 11) is -0.470. The number of anilines is 1. The molecule has 1 amide bonds. The van der Waals surface area contributed by atoms with Crippen LogP contribution >= 0.6 is 0 Å². The zero-order valence-corrected chi connectivity index (χ0v) is 13.0. The Morgan fingerprint density at radius 3 is 2.20 bits per heavy atom. The Morgan fingerprint density at radius 2 is 1.70 bits per heavy atom. The van der Waals surface area contributed by atoms with E-state index in [1.807, 2.05) is 52.8 Å². The van der Waals surface area contributed by atoms with Gasteiger partial charge in [-0.1, -0.05) is 12.1 Å². The van der Waals surface area contributed by atoms with E-state index >= 15 is 0 Å². The minimum absolute atomic E-state index is 0.103. The molecule has 0 atom stereocenters. The van der Waals surface area contributed by atoms with Crippen LogP contribution < -0.4 is 10.8 Å². The number of nitrogens with one attached hydrogen (secondary N) is 1. The van der Waals surface area contributed by atoms with Crippen LogP contribution in [0.1, 0.15) is 40.2 Å². The molecule has 0 aliphatic carbocycles. The fraction of sp³-hybridized carbons (Fsp3) is 0.533. The Balaban J connectivity index is 2.37. The molecular formula is C15H22BNO3. The number of carbonyl (C=O) groups excluding carboxylic acids is 1. The molecule has 5 heteroatoms. The molecule has 1 aromatic rings. The molecule has 1 saturated heterocycles. The number of aryl methyl sites for hydroxylation is 1. The van der Waals surface area contributed by atoms with Gasteiger partial charge in [0.05, 0.1) is 11.2 Å². The van der Waals surface area contributed by atoms with E-state index < -0.39 is 18.3 Å². The van der Waals surface area contributed by atoms with Crippen molar-refractivity contribution in [1.82, 2.24) is 0 Å². The molecule has 0 radical (unpaired) electrons. The highest BCUT2D eigenvalue weighted by Gasteiger charge is 2.52. The lowest BCUT2D eigenvalue weighted by Gasteiger charge is -2.32. The topological polar surface area (TPSA) is 47.6 Å². The van der Waals surface area contributed by atoms with Crippen LogP contribution in [0.5, 0.6) is 0 Å². The fourth-order valence-electron chi connectivity index (χ4n) is 2.14. The molecule has 1 aromatic carbocycles. The van der Waals surface area contributed by atoms with E-state index in [4.69, 9.17) is 9.31 Å². The molecule has 108 valence electrons. The second-order valence-corrected chi connectivity index (χ2v) is 6.36. The second-order valence-electron chi connectivity index (χ2n) is 6.36. The molecule has 0 aromatic heterocycles. The van der Waals surface area contributed by atoms with E-state index in [0.29, 0.717) is 0 Å². The number of amides is 1. The van der Waals surface area contributed by atoms with Crippen molar-refractivity contribution in [2.24, 2.45) is 0 Å². The lowest BCUT2D eigenvalue weighted by atomic mass is 9.77. The predicted octanol–water partition coefficient (Wildman–Crippen LogP) is 2.25. The van der Waals surface area contributed by atoms with Crippen LogP contribution in [0, 0.1) is 6.92 Å². The third kappa shape index (κ3) is 2.74. The van der Waals surface area contributed by atoms with Crippen molar-refractivity contribution in [1.29, 1.82) is 0 Å². The summed E-state index contributed by atoms with van der Waals surface area (Å²) in [4.78, 5) is 11.4. The van der Waals surface area contributed by atoms with Crippen LogP contribution in [0.2, 0.25) is 0 Å². The number of rotatable bonds is 2. The average molecular weight is 275 g/mol. The first kappa shape index (κ1) is 15.1. The van der Waals surface area contributed by atoms with Gasteiger partial charge < -0.3 is 14.6 Å². The second kappa shape index (κ2) is 4.90. The molecule has 1 aliphatic rings. The van der Waals surface area contributed by atoms with Gasteiger partial charge >= 0.3 is 7.12 Å². The summed E-state index contributed by atoms with van der Waals surface area (Å²) >= 11 is 0. The maximum Gasteiger partial charge on any atom is 0.496 e. The molecule has 20 heavy (non-hydrogen) atoms. The lowest BCUT2D eigenvalue weighted by molar-refractivity contribution is -0.114. The van der Waals surface area contributed by atoms with Crippen LogP contribution in [0.4, 0.5) is 5.69 Å². The van der Waals surface area contributed by atoms with Crippen molar-refractivity contribution in [3.05, 3.63) is 23.8 Å². The molecular weight excluding hydrogens is 253 g/mol. The highest BCUT2D eigenvalue weighted by Crippen LogP contribution is 2.37. The predicted molar refractivity (Wildman–Crippen MR) is 81.2 cm³/mol. The van der Waals surface area contributed by atoms with E-state index in [0.717, 1.165) is 16.7 Å². The van der Waals surface area contributed by atoms with Crippen molar-refractivity contribution in [3.63, 3.8) is 0 Å². The van der Waals surface area contributed by atoms with Gasteiger partial charge in [0, 0.05) is 18.1 Å². The Morgan fingerprint density at radius 1 is 1.15 bits per heavy atom. The summed E-state index contributed by atoms with van der Waals surface area (Å²) in [5.41, 5.74) is 1.89. The number of hydrogen-bond acceptors (Lipinski definition) is 3. The Hall–Kier alpha value is -1.33. The molecule has 4 nitrogen and oxygen atoms in total. The monoisotopic (exact) mass is 275 g/mol. The van der Waals surface area contributed by atoms with E-state index in [2.05, 4.69) is 5.32 Å². The van der Waals surface area contributed by atoms with Crippen LogP contribution in [0.15, 0.2) is 18.2 Å². The van der Waals surface area contributed by atoms with Gasteiger partial charge in [-0.15, -0.1) is 0 Å². The van der Waals surface area contributed by atoms with Gasteiger partial charge in [0.1, 0.15) is 0 Å². The summed E-state index contributed by atoms with van der Waals surface area (Å²) in [5.74, 6) is -0.103. The maximum absolute atomic E-state index is 11.4. The molecule has 1 fully saturated rings. The molecule has 1 N–H and O–H groups in total. The maximum atomic E-state index is 11.4. The number of carbonyl (C=O) groups is 1. The normalized spacial score (nSPS) is 20.0. The fourth-order valence-corrected chi connectivity index (χ4v) is 2.14. The average Bonchev–Trinajstić information content (AvgIpc) is 2.46. The first-order valence-corrected chi connectivity index (χ1v) is 6.86. The molecule has 1 heterocycles. The van der Waals surface area contributed by atoms with E-state index in [-0.39, 0.29) is 5.91 Å². The summed E-state index contributed by atoms with van der Waals surface area (Å²) in [6, 6.07) is 5.87. The molecule has 0 spiro atoms. The van der Waals surface area contributed by atoms with Gasteiger partial charge in [0.15, 0.2) is 0 Å². The van der Waals surface area contributed by atoms with Crippen molar-refractivity contribution >= 4 is 24.2 Å². The van der Waals surface area contributed by atoms with Gasteiger partial charge in [-0.3, -0.25) is 4.79 Å². The zero-order chi connectivity index (χ0) is 15.1. The van der Waals surface area contributed by atoms with Crippen molar-refractivity contribution in [2.45, 2.75) is 52.7 Å². The number of benzene rings is 1. The summed E-state index contributed by atoms with van der Waals surface area (Å²) in [6.45, 7) is 11.5. The first-order chi connectivity index (χ1) is 9.12. The minimum Gasteiger partial charge on any atom is -0.399 e. The van der Waals surface area contributed by atoms with E-state index in [1.54, 1.807) is 0 Å². The highest BCUT2D eigenvalue weighted by atomic mass is 16.7. The third-order valence-electron chi connectivity index (χ3n) is 4.03. The summed E-state index contributed by atoms with van der Waals surface area (Å²) < 4.78 is 12.1. The van der Waals surface area contributed by atoms with Gasteiger partial charge in [0.2, 0.25) is 5.91 Å². The van der Waals surface area contributed by atoms with Crippen molar-refractivity contribution in [2.75, 3.05) is 5.32 Å². The molecule has 0 unspecified atom stereocenters. The SMILES string of the molecule is CC(=O)Nc1cc(C)ccc1B1OC(C)(C)C(C)(C)O1. The van der Waals surface area contributed by atoms with E-state index in [1.165, 1.54) is 6.92 Å². The molecule has 0 bridgehead atoms. The van der Waals surface area contributed by atoms with Gasteiger partial charge in [-0.25, -0.2) is 0 Å². The Bertz CT molecular complexity index is 524. The highest BCUT2D eigenvalue weighted by molar-refractivity contribution is 6.64. The molecule has 0 saturated carbocycles. The molecule has 1 aliphatic heterocycles. The van der Waals surface area contributed by atoms with Crippen LogP contribution in [0.3, 0.4) is 0 Å². The van der Waals surface area contributed by atoms with Crippen LogP contribution in [0.25, 0.3) is 0 Å². The lowest BCUT2D eigenvalue weighted by Crippen LogP contribution is -2.41. The van der Waals surface area contributed by atoms with Gasteiger partial charge in [0.25, 0.3) is 0 Å². The first-order valence-electron chi connectivity index (χ1n) is 6.86. The zero-order valence-electron chi connectivity index (χ0n) is 13.0. The van der Waals surface area contributed by atoms with Gasteiger partial charge in [-0.05, 0) is 46.2 Å². The third-order valence-corrected chi connectivity index (χ3v) is 4.03. The van der Waals surface area contributed by atoms with Crippen molar-refractivity contribution in [3.8, 4) is 0 Å². The van der Waals surface area contributed by atoms with Crippen molar-refractivity contribution < 1.29 is 14.1 Å². The minimum atomic E-state index is -0.470. The quantitative estimate of drug-likeness (QED) is 0.842. The molecule has 2 rings (SSSR count). The Kier molecular flexibility index (Phi) is 3.69. The largest absolute Gasteiger partial charge is 0.496 e. The number of hydrogen-bond donors (Lipinski definition) is 1. The summed E-state index contributed by atoms with van der Waals surface area (Å²) in [6.07, 6.45) is 0. The van der Waals surface area contributed by atoms with Crippen LogP contribution in [-0.4, -0.2) is 24.2 Å². The smallest absolute Gasteiger partial charge is 0.399 e. The van der Waals surface area contributed by atoms with Gasteiger partial charge in [-0.2, -0.15) is 0 Å². The summed E-state index contributed by atoms with van der Waals surface area (Å²) in [5, 5.41) is 2.85. The standard InChI is InChI=1S/C15H22BNO3/c1-10-7-8-12(13(9-10)17-11(2)18)16-19-14(3,4)15(5,6)20-16/h7-9H,1-6H3,(H,17,18). The van der Waals surface area contributed by atoms with E-state index in [9.17, 15) is 4.79 Å². The van der Waals surface area contributed by atoms with Crippen LogP contribution in [-0.2, 0) is 14.1 Å². The Labute approximate surface area is 121 Å².